The number of amides is 1. The number of aryl methyl sites for hydroxylation is 1. The van der Waals surface area contributed by atoms with Gasteiger partial charge in [0.25, 0.3) is 5.91 Å². The van der Waals surface area contributed by atoms with Gasteiger partial charge in [0.15, 0.2) is 10.6 Å². The number of thiazole rings is 1. The molecule has 0 spiro atoms. The molecule has 1 amide bonds. The van der Waals surface area contributed by atoms with Crippen LogP contribution in [0.4, 0.5) is 5.69 Å². The molecule has 0 fully saturated rings. The normalized spacial score (nSPS) is 11.6. The van der Waals surface area contributed by atoms with Crippen LogP contribution >= 0.6 is 34.5 Å². The molecule has 10 heteroatoms. The van der Waals surface area contributed by atoms with Crippen molar-refractivity contribution in [3.05, 3.63) is 71.8 Å². The summed E-state index contributed by atoms with van der Waals surface area (Å²) >= 11 is 13.5. The molecule has 0 saturated carbocycles. The van der Waals surface area contributed by atoms with Crippen molar-refractivity contribution in [3.63, 3.8) is 0 Å². The van der Waals surface area contributed by atoms with Crippen molar-refractivity contribution in [2.24, 2.45) is 4.99 Å². The lowest BCUT2D eigenvalue weighted by Gasteiger charge is -2.08. The number of nitrogens with zero attached hydrogens (tertiary/aromatic N) is 3. The average Bonchev–Trinajstić information content (AvgIpc) is 3.04. The topological polar surface area (TPSA) is 86.7 Å². The number of carbonyl (C=O) groups excluding carboxylic acids is 1. The third-order valence-electron chi connectivity index (χ3n) is 4.41. The molecule has 0 N–H and O–H groups in total. The van der Waals surface area contributed by atoms with E-state index in [1.54, 1.807) is 12.1 Å². The molecule has 3 rings (SSSR count). The number of aromatic nitrogens is 1. The smallest absolute Gasteiger partial charge is 0.311 e. The number of nitro benzene ring substituents is 1. The van der Waals surface area contributed by atoms with E-state index in [-0.39, 0.29) is 17.0 Å². The van der Waals surface area contributed by atoms with Crippen molar-refractivity contribution >= 4 is 46.1 Å². The third kappa shape index (κ3) is 4.26. The molecule has 0 atom stereocenters. The molecule has 7 nitrogen and oxygen atoms in total. The molecule has 2 aromatic carbocycles. The Morgan fingerprint density at radius 1 is 1.23 bits per heavy atom. The van der Waals surface area contributed by atoms with Gasteiger partial charge in [-0.3, -0.25) is 14.9 Å². The molecular formula is C20H17Cl2N3O4S. The lowest BCUT2D eigenvalue weighted by atomic mass is 10.1. The molecule has 0 aliphatic heterocycles. The van der Waals surface area contributed by atoms with E-state index in [1.807, 2.05) is 24.5 Å². The molecule has 0 unspecified atom stereocenters. The van der Waals surface area contributed by atoms with Crippen LogP contribution in [0.25, 0.3) is 11.3 Å². The minimum Gasteiger partial charge on any atom is -0.490 e. The second kappa shape index (κ2) is 8.99. The average molecular weight is 466 g/mol. The predicted molar refractivity (Wildman–Crippen MR) is 118 cm³/mol. The first kappa shape index (κ1) is 22.0. The van der Waals surface area contributed by atoms with Crippen molar-refractivity contribution in [1.82, 2.24) is 4.57 Å². The van der Waals surface area contributed by atoms with Crippen molar-refractivity contribution in [2.45, 2.75) is 20.4 Å². The molecule has 1 heterocycles. The Labute approximate surface area is 186 Å². The van der Waals surface area contributed by atoms with Crippen LogP contribution in [0.3, 0.4) is 0 Å². The number of hydrogen-bond acceptors (Lipinski definition) is 5. The van der Waals surface area contributed by atoms with Crippen LogP contribution in [0.1, 0.15) is 22.2 Å². The first-order valence-corrected chi connectivity index (χ1v) is 10.4. The zero-order valence-corrected chi connectivity index (χ0v) is 18.6. The van der Waals surface area contributed by atoms with Gasteiger partial charge >= 0.3 is 5.69 Å². The highest BCUT2D eigenvalue weighted by Crippen LogP contribution is 2.31. The SMILES string of the molecule is CCn1c(-c2ccc(Cl)c(Cl)c2)c(C)sc1=NC(=O)c1ccc(OC)c([N+](=O)[O-])c1. The summed E-state index contributed by atoms with van der Waals surface area (Å²) in [5, 5.41) is 12.1. The molecule has 30 heavy (non-hydrogen) atoms. The fraction of sp³-hybridized carbons (Fsp3) is 0.200. The Bertz CT molecular complexity index is 1220. The van der Waals surface area contributed by atoms with E-state index in [9.17, 15) is 14.9 Å². The molecule has 0 radical (unpaired) electrons. The van der Waals surface area contributed by atoms with Gasteiger partial charge in [-0.2, -0.15) is 4.99 Å². The van der Waals surface area contributed by atoms with Crippen molar-refractivity contribution in [3.8, 4) is 17.0 Å². The monoisotopic (exact) mass is 465 g/mol. The van der Waals surface area contributed by atoms with Crippen LogP contribution in [0.5, 0.6) is 5.75 Å². The highest BCUT2D eigenvalue weighted by Gasteiger charge is 2.19. The number of halogens is 2. The number of hydrogen-bond donors (Lipinski definition) is 0. The summed E-state index contributed by atoms with van der Waals surface area (Å²) in [6.45, 7) is 4.43. The summed E-state index contributed by atoms with van der Waals surface area (Å²) in [4.78, 5) is 29.0. The van der Waals surface area contributed by atoms with E-state index < -0.39 is 10.8 Å². The second-order valence-electron chi connectivity index (χ2n) is 6.22. The van der Waals surface area contributed by atoms with E-state index in [0.29, 0.717) is 21.4 Å². The van der Waals surface area contributed by atoms with Crippen molar-refractivity contribution in [2.75, 3.05) is 7.11 Å². The van der Waals surface area contributed by atoms with Gasteiger partial charge in [-0.05, 0) is 38.1 Å². The van der Waals surface area contributed by atoms with Crippen molar-refractivity contribution in [1.29, 1.82) is 0 Å². The molecule has 3 aromatic rings. The summed E-state index contributed by atoms with van der Waals surface area (Å²) in [6, 6.07) is 9.34. The predicted octanol–water partition coefficient (Wildman–Crippen LogP) is 5.51. The fourth-order valence-electron chi connectivity index (χ4n) is 3.02. The maximum absolute atomic E-state index is 12.7. The molecule has 0 aliphatic rings. The lowest BCUT2D eigenvalue weighted by molar-refractivity contribution is -0.385. The van der Waals surface area contributed by atoms with E-state index in [2.05, 4.69) is 4.99 Å². The molecule has 1 aromatic heterocycles. The summed E-state index contributed by atoms with van der Waals surface area (Å²) in [7, 11) is 1.33. The summed E-state index contributed by atoms with van der Waals surface area (Å²) in [5.41, 5.74) is 1.55. The fourth-order valence-corrected chi connectivity index (χ4v) is 4.38. The van der Waals surface area contributed by atoms with Gasteiger partial charge in [-0.15, -0.1) is 11.3 Å². The van der Waals surface area contributed by atoms with Crippen LogP contribution in [0, 0.1) is 17.0 Å². The number of benzene rings is 2. The highest BCUT2D eigenvalue weighted by molar-refractivity contribution is 7.09. The minimum atomic E-state index is -0.598. The zero-order valence-electron chi connectivity index (χ0n) is 16.3. The Kier molecular flexibility index (Phi) is 6.60. The van der Waals surface area contributed by atoms with Crippen LogP contribution < -0.4 is 9.54 Å². The van der Waals surface area contributed by atoms with Crippen LogP contribution in [0.15, 0.2) is 41.4 Å². The number of nitro groups is 1. The van der Waals surface area contributed by atoms with E-state index in [4.69, 9.17) is 27.9 Å². The molecule has 0 saturated heterocycles. The third-order valence-corrected chi connectivity index (χ3v) is 6.14. The maximum atomic E-state index is 12.7. The van der Waals surface area contributed by atoms with Gasteiger partial charge in [0.2, 0.25) is 0 Å². The van der Waals surface area contributed by atoms with Gasteiger partial charge in [0, 0.05) is 28.6 Å². The minimum absolute atomic E-state index is 0.0778. The number of carbonyl (C=O) groups is 1. The zero-order chi connectivity index (χ0) is 22.0. The van der Waals surface area contributed by atoms with Gasteiger partial charge in [-0.25, -0.2) is 0 Å². The number of methoxy groups -OCH3 is 1. The largest absolute Gasteiger partial charge is 0.490 e. The molecule has 0 bridgehead atoms. The summed E-state index contributed by atoms with van der Waals surface area (Å²) in [5.74, 6) is -0.501. The van der Waals surface area contributed by atoms with Crippen LogP contribution in [0.2, 0.25) is 10.0 Å². The highest BCUT2D eigenvalue weighted by atomic mass is 35.5. The molecular weight excluding hydrogens is 449 g/mol. The maximum Gasteiger partial charge on any atom is 0.311 e. The number of ether oxygens (including phenoxy) is 1. The second-order valence-corrected chi connectivity index (χ2v) is 8.22. The van der Waals surface area contributed by atoms with Gasteiger partial charge < -0.3 is 9.30 Å². The Balaban J connectivity index is 2.10. The van der Waals surface area contributed by atoms with Crippen molar-refractivity contribution < 1.29 is 14.5 Å². The Morgan fingerprint density at radius 3 is 2.57 bits per heavy atom. The quantitative estimate of drug-likeness (QED) is 0.367. The Morgan fingerprint density at radius 2 is 1.97 bits per heavy atom. The van der Waals surface area contributed by atoms with Gasteiger partial charge in [0.05, 0.1) is 27.8 Å². The van der Waals surface area contributed by atoms with E-state index >= 15 is 0 Å². The van der Waals surface area contributed by atoms with Gasteiger partial charge in [0.1, 0.15) is 0 Å². The first-order valence-electron chi connectivity index (χ1n) is 8.84. The summed E-state index contributed by atoms with van der Waals surface area (Å²) in [6.07, 6.45) is 0. The number of rotatable bonds is 5. The van der Waals surface area contributed by atoms with Gasteiger partial charge in [-0.1, -0.05) is 29.3 Å². The Hall–Kier alpha value is -2.68. The van der Waals surface area contributed by atoms with Crippen LogP contribution in [-0.2, 0) is 6.54 Å². The first-order chi connectivity index (χ1) is 14.3. The van der Waals surface area contributed by atoms with Crippen LogP contribution in [-0.4, -0.2) is 22.5 Å². The lowest BCUT2D eigenvalue weighted by Crippen LogP contribution is -2.17. The standard InChI is InChI=1S/C20H17Cl2N3O4S/c1-4-24-18(12-5-7-14(21)15(22)9-12)11(2)30-20(24)23-19(26)13-6-8-17(29-3)16(10-13)25(27)28/h5-10H,4H2,1-3H3. The molecule has 0 aliphatic carbocycles. The van der Waals surface area contributed by atoms with E-state index in [1.165, 1.54) is 36.6 Å². The summed E-state index contributed by atoms with van der Waals surface area (Å²) < 4.78 is 6.87. The molecule has 156 valence electrons. The van der Waals surface area contributed by atoms with E-state index in [0.717, 1.165) is 16.1 Å².